The summed E-state index contributed by atoms with van der Waals surface area (Å²) in [6.45, 7) is 2.07. The van der Waals surface area contributed by atoms with Crippen molar-refractivity contribution >= 4 is 11.6 Å². The van der Waals surface area contributed by atoms with Gasteiger partial charge in [0.2, 0.25) is 5.91 Å². The van der Waals surface area contributed by atoms with Gasteiger partial charge < -0.3 is 4.90 Å². The zero-order chi connectivity index (χ0) is 13.7. The molecule has 0 unspecified atom stereocenters. The van der Waals surface area contributed by atoms with E-state index in [2.05, 4.69) is 24.0 Å². The third-order valence-corrected chi connectivity index (χ3v) is 3.26. The largest absolute Gasteiger partial charge is 0.314 e. The van der Waals surface area contributed by atoms with Gasteiger partial charge in [-0.25, -0.2) is 0 Å². The molecule has 0 radical (unpaired) electrons. The van der Waals surface area contributed by atoms with Gasteiger partial charge in [-0.1, -0.05) is 37.3 Å². The van der Waals surface area contributed by atoms with Crippen LogP contribution in [0.25, 0.3) is 0 Å². The van der Waals surface area contributed by atoms with Crippen LogP contribution in [0.5, 0.6) is 0 Å². The summed E-state index contributed by atoms with van der Waals surface area (Å²) in [7, 11) is 1.79. The second-order valence-corrected chi connectivity index (χ2v) is 4.68. The van der Waals surface area contributed by atoms with E-state index in [-0.39, 0.29) is 11.8 Å². The van der Waals surface area contributed by atoms with Crippen molar-refractivity contribution < 1.29 is 4.79 Å². The molecule has 1 aromatic carbocycles. The highest BCUT2D eigenvalue weighted by molar-refractivity contribution is 5.93. The highest BCUT2D eigenvalue weighted by Gasteiger charge is 2.15. The van der Waals surface area contributed by atoms with Gasteiger partial charge in [-0.05, 0) is 23.6 Å². The van der Waals surface area contributed by atoms with E-state index in [0.29, 0.717) is 6.42 Å². The molecule has 1 amide bonds. The van der Waals surface area contributed by atoms with Crippen molar-refractivity contribution in [2.75, 3.05) is 11.9 Å². The van der Waals surface area contributed by atoms with Crippen LogP contribution in [0.3, 0.4) is 0 Å². The number of nitrogens with zero attached hydrogens (tertiary/aromatic N) is 2. The topological polar surface area (TPSA) is 33.2 Å². The van der Waals surface area contributed by atoms with Gasteiger partial charge in [-0.3, -0.25) is 9.78 Å². The van der Waals surface area contributed by atoms with Crippen LogP contribution >= 0.6 is 0 Å². The highest BCUT2D eigenvalue weighted by Crippen LogP contribution is 2.21. The number of anilines is 1. The number of rotatable bonds is 4. The molecular formula is C16H18N2O. The summed E-state index contributed by atoms with van der Waals surface area (Å²) < 4.78 is 0. The van der Waals surface area contributed by atoms with Crippen LogP contribution in [0.2, 0.25) is 0 Å². The second-order valence-electron chi connectivity index (χ2n) is 4.68. The molecule has 0 fully saturated rings. The molecule has 2 aromatic rings. The Balaban J connectivity index is 2.02. The Kier molecular flexibility index (Phi) is 4.29. The minimum absolute atomic E-state index is 0.101. The average molecular weight is 254 g/mol. The maximum absolute atomic E-state index is 12.2. The molecule has 0 aliphatic carbocycles. The van der Waals surface area contributed by atoms with Crippen molar-refractivity contribution in [1.29, 1.82) is 0 Å². The summed E-state index contributed by atoms with van der Waals surface area (Å²) in [4.78, 5) is 17.9. The molecule has 0 aliphatic rings. The van der Waals surface area contributed by atoms with Crippen LogP contribution in [0.4, 0.5) is 5.69 Å². The van der Waals surface area contributed by atoms with Crippen LogP contribution in [-0.2, 0) is 4.79 Å². The predicted molar refractivity (Wildman–Crippen MR) is 77.1 cm³/mol. The molecule has 1 atom stereocenters. The van der Waals surface area contributed by atoms with Crippen molar-refractivity contribution in [1.82, 2.24) is 4.98 Å². The minimum atomic E-state index is 0.101. The molecule has 98 valence electrons. The van der Waals surface area contributed by atoms with E-state index < -0.39 is 0 Å². The fourth-order valence-electron chi connectivity index (χ4n) is 1.99. The zero-order valence-corrected chi connectivity index (χ0v) is 11.3. The van der Waals surface area contributed by atoms with E-state index in [4.69, 9.17) is 0 Å². The molecule has 1 aromatic heterocycles. The quantitative estimate of drug-likeness (QED) is 0.839. The standard InChI is InChI=1S/C16H18N2O/c1-13(14-7-4-3-5-8-14)11-16(19)18(2)15-9-6-10-17-12-15/h3-10,12-13H,11H2,1-2H3/t13-/m1/s1. The molecule has 1 heterocycles. The highest BCUT2D eigenvalue weighted by atomic mass is 16.2. The first kappa shape index (κ1) is 13.3. The van der Waals surface area contributed by atoms with Crippen molar-refractivity contribution in [3.63, 3.8) is 0 Å². The summed E-state index contributed by atoms with van der Waals surface area (Å²) in [6, 6.07) is 13.8. The van der Waals surface area contributed by atoms with Crippen molar-refractivity contribution in [2.45, 2.75) is 19.3 Å². The van der Waals surface area contributed by atoms with Crippen LogP contribution in [0, 0.1) is 0 Å². The molecule has 0 spiro atoms. The van der Waals surface area contributed by atoms with Gasteiger partial charge in [0.25, 0.3) is 0 Å². The molecule has 3 nitrogen and oxygen atoms in total. The first-order valence-corrected chi connectivity index (χ1v) is 6.40. The Morgan fingerprint density at radius 1 is 1.21 bits per heavy atom. The van der Waals surface area contributed by atoms with Crippen molar-refractivity contribution in [2.24, 2.45) is 0 Å². The third-order valence-electron chi connectivity index (χ3n) is 3.26. The number of aromatic nitrogens is 1. The lowest BCUT2D eigenvalue weighted by atomic mass is 9.97. The normalized spacial score (nSPS) is 11.9. The molecule has 0 saturated carbocycles. The van der Waals surface area contributed by atoms with Gasteiger partial charge >= 0.3 is 0 Å². The van der Waals surface area contributed by atoms with Gasteiger partial charge in [0.1, 0.15) is 0 Å². The SMILES string of the molecule is C[C@H](CC(=O)N(C)c1cccnc1)c1ccccc1. The van der Waals surface area contributed by atoms with Crippen molar-refractivity contribution in [3.8, 4) is 0 Å². The third kappa shape index (κ3) is 3.41. The number of amides is 1. The number of hydrogen-bond donors (Lipinski definition) is 0. The van der Waals surface area contributed by atoms with Crippen LogP contribution in [-0.4, -0.2) is 17.9 Å². The van der Waals surface area contributed by atoms with Crippen LogP contribution < -0.4 is 4.90 Å². The monoisotopic (exact) mass is 254 g/mol. The number of hydrogen-bond acceptors (Lipinski definition) is 2. The summed E-state index contributed by atoms with van der Waals surface area (Å²) in [5.74, 6) is 0.317. The van der Waals surface area contributed by atoms with Gasteiger partial charge in [0.15, 0.2) is 0 Å². The fourth-order valence-corrected chi connectivity index (χ4v) is 1.99. The molecule has 0 bridgehead atoms. The molecule has 0 aliphatic heterocycles. The van der Waals surface area contributed by atoms with Gasteiger partial charge in [-0.15, -0.1) is 0 Å². The fraction of sp³-hybridized carbons (Fsp3) is 0.250. The molecular weight excluding hydrogens is 236 g/mol. The smallest absolute Gasteiger partial charge is 0.227 e. The lowest BCUT2D eigenvalue weighted by Crippen LogP contribution is -2.27. The van der Waals surface area contributed by atoms with Gasteiger partial charge in [0.05, 0.1) is 11.9 Å². The Hall–Kier alpha value is -2.16. The second kappa shape index (κ2) is 6.14. The Bertz CT molecular complexity index is 525. The van der Waals surface area contributed by atoms with E-state index >= 15 is 0 Å². The van der Waals surface area contributed by atoms with E-state index in [1.807, 2.05) is 30.3 Å². The van der Waals surface area contributed by atoms with Crippen LogP contribution in [0.1, 0.15) is 24.8 Å². The molecule has 0 saturated heterocycles. The van der Waals surface area contributed by atoms with Gasteiger partial charge in [0, 0.05) is 19.7 Å². The Labute approximate surface area is 113 Å². The maximum atomic E-state index is 12.2. The maximum Gasteiger partial charge on any atom is 0.227 e. The van der Waals surface area contributed by atoms with E-state index in [0.717, 1.165) is 5.69 Å². The number of benzene rings is 1. The van der Waals surface area contributed by atoms with E-state index in [1.165, 1.54) is 5.56 Å². The molecule has 19 heavy (non-hydrogen) atoms. The lowest BCUT2D eigenvalue weighted by Gasteiger charge is -2.19. The summed E-state index contributed by atoms with van der Waals surface area (Å²) in [6.07, 6.45) is 3.90. The molecule has 2 rings (SSSR count). The van der Waals surface area contributed by atoms with Crippen LogP contribution in [0.15, 0.2) is 54.9 Å². The molecule has 3 heteroatoms. The van der Waals surface area contributed by atoms with E-state index in [9.17, 15) is 4.79 Å². The Morgan fingerprint density at radius 3 is 2.58 bits per heavy atom. The average Bonchev–Trinajstić information content (AvgIpc) is 2.48. The number of pyridine rings is 1. The first-order chi connectivity index (χ1) is 9.18. The summed E-state index contributed by atoms with van der Waals surface area (Å²) in [5.41, 5.74) is 2.02. The predicted octanol–water partition coefficient (Wildman–Crippen LogP) is 3.24. The number of carbonyl (C=O) groups excluding carboxylic acids is 1. The summed E-state index contributed by atoms with van der Waals surface area (Å²) >= 11 is 0. The minimum Gasteiger partial charge on any atom is -0.314 e. The van der Waals surface area contributed by atoms with Gasteiger partial charge in [-0.2, -0.15) is 0 Å². The zero-order valence-electron chi connectivity index (χ0n) is 11.3. The summed E-state index contributed by atoms with van der Waals surface area (Å²) in [5, 5.41) is 0. The van der Waals surface area contributed by atoms with Crippen molar-refractivity contribution in [3.05, 3.63) is 60.4 Å². The lowest BCUT2D eigenvalue weighted by molar-refractivity contribution is -0.118. The Morgan fingerprint density at radius 2 is 1.95 bits per heavy atom. The first-order valence-electron chi connectivity index (χ1n) is 6.40. The number of carbonyl (C=O) groups is 1. The molecule has 0 N–H and O–H groups in total. The van der Waals surface area contributed by atoms with E-state index in [1.54, 1.807) is 24.3 Å².